The van der Waals surface area contributed by atoms with Gasteiger partial charge in [-0.3, -0.25) is 5.10 Å². The van der Waals surface area contributed by atoms with Gasteiger partial charge in [0, 0.05) is 31.0 Å². The lowest BCUT2D eigenvalue weighted by atomic mass is 10.1. The highest BCUT2D eigenvalue weighted by Gasteiger charge is 2.06. The van der Waals surface area contributed by atoms with Crippen molar-refractivity contribution >= 4 is 5.96 Å². The van der Waals surface area contributed by atoms with Gasteiger partial charge in [-0.1, -0.05) is 12.1 Å². The van der Waals surface area contributed by atoms with Crippen LogP contribution in [0.15, 0.2) is 29.4 Å². The average molecular weight is 402 g/mol. The van der Waals surface area contributed by atoms with Crippen LogP contribution in [0.2, 0.25) is 0 Å². The summed E-state index contributed by atoms with van der Waals surface area (Å²) < 4.78 is 11.3. The number of ether oxygens (including phenoxy) is 2. The Morgan fingerprint density at radius 2 is 2.00 bits per heavy atom. The van der Waals surface area contributed by atoms with Crippen molar-refractivity contribution in [3.05, 3.63) is 46.8 Å². The third-order valence-corrected chi connectivity index (χ3v) is 4.51. The Bertz CT molecular complexity index is 757. The molecule has 1 aromatic carbocycles. The number of nitrogens with zero attached hydrogens (tertiary/aromatic N) is 2. The lowest BCUT2D eigenvalue weighted by Crippen LogP contribution is -2.37. The second-order valence-corrected chi connectivity index (χ2v) is 6.90. The topological polar surface area (TPSA) is 83.6 Å². The van der Waals surface area contributed by atoms with Gasteiger partial charge in [0.05, 0.1) is 19.3 Å². The summed E-state index contributed by atoms with van der Waals surface area (Å²) in [5, 5.41) is 13.8. The summed E-state index contributed by atoms with van der Waals surface area (Å²) in [4.78, 5) is 4.74. The molecule has 0 radical (unpaired) electrons. The van der Waals surface area contributed by atoms with Gasteiger partial charge in [-0.25, -0.2) is 4.99 Å². The number of H-pyrrole nitrogens is 1. The van der Waals surface area contributed by atoms with Gasteiger partial charge in [0.25, 0.3) is 0 Å². The van der Waals surface area contributed by atoms with E-state index in [4.69, 9.17) is 14.5 Å². The number of aliphatic imine (C=N–C) groups is 1. The van der Waals surface area contributed by atoms with Crippen molar-refractivity contribution in [3.63, 3.8) is 0 Å². The Morgan fingerprint density at radius 1 is 1.14 bits per heavy atom. The Morgan fingerprint density at radius 3 is 2.72 bits per heavy atom. The molecule has 0 amide bonds. The third kappa shape index (κ3) is 8.15. The molecule has 0 aliphatic carbocycles. The lowest BCUT2D eigenvalue weighted by molar-refractivity contribution is 0.110. The highest BCUT2D eigenvalue weighted by Crippen LogP contribution is 2.21. The number of guanidine groups is 1. The number of aromatic nitrogens is 2. The second kappa shape index (κ2) is 12.8. The van der Waals surface area contributed by atoms with E-state index in [1.54, 1.807) is 0 Å². The highest BCUT2D eigenvalue weighted by atomic mass is 16.5. The molecule has 0 aliphatic heterocycles. The van der Waals surface area contributed by atoms with Crippen molar-refractivity contribution in [2.75, 3.05) is 32.9 Å². The van der Waals surface area contributed by atoms with Crippen LogP contribution in [0.5, 0.6) is 5.75 Å². The second-order valence-electron chi connectivity index (χ2n) is 6.90. The van der Waals surface area contributed by atoms with Gasteiger partial charge in [0.2, 0.25) is 0 Å². The summed E-state index contributed by atoms with van der Waals surface area (Å²) in [6.45, 7) is 12.2. The van der Waals surface area contributed by atoms with E-state index in [1.807, 2.05) is 13.1 Å². The van der Waals surface area contributed by atoms with Crippen molar-refractivity contribution < 1.29 is 9.47 Å². The van der Waals surface area contributed by atoms with Crippen LogP contribution in [0.25, 0.3) is 0 Å². The Labute approximate surface area is 174 Å². The Balaban J connectivity index is 1.90. The zero-order valence-corrected chi connectivity index (χ0v) is 18.2. The van der Waals surface area contributed by atoms with Crippen LogP contribution in [-0.4, -0.2) is 49.1 Å². The molecule has 2 aromatic rings. The molecule has 0 bridgehead atoms. The van der Waals surface area contributed by atoms with Gasteiger partial charge in [0.15, 0.2) is 5.96 Å². The molecule has 0 spiro atoms. The quantitative estimate of drug-likeness (QED) is 0.289. The first-order valence-electron chi connectivity index (χ1n) is 10.4. The molecule has 1 aromatic heterocycles. The predicted octanol–water partition coefficient (Wildman–Crippen LogP) is 3.13. The standard InChI is InChI=1S/C22H35N5O2/c1-5-23-22(24-11-7-8-19-16-26-27-18(19)4)25-15-20-10-9-17(3)14-21(20)29-13-12-28-6-2/h9-10,14,16H,5-8,11-13,15H2,1-4H3,(H,26,27)(H2,23,24,25). The Hall–Kier alpha value is -2.54. The van der Waals surface area contributed by atoms with Gasteiger partial charge in [0.1, 0.15) is 12.4 Å². The zero-order valence-electron chi connectivity index (χ0n) is 18.2. The van der Waals surface area contributed by atoms with Crippen LogP contribution in [0.3, 0.4) is 0 Å². The molecule has 29 heavy (non-hydrogen) atoms. The number of nitrogens with one attached hydrogen (secondary N) is 3. The molecule has 7 nitrogen and oxygen atoms in total. The molecule has 0 saturated heterocycles. The van der Waals surface area contributed by atoms with Crippen molar-refractivity contribution in [2.45, 2.75) is 47.1 Å². The summed E-state index contributed by atoms with van der Waals surface area (Å²) in [5.41, 5.74) is 4.64. The first-order valence-corrected chi connectivity index (χ1v) is 10.4. The van der Waals surface area contributed by atoms with E-state index < -0.39 is 0 Å². The minimum Gasteiger partial charge on any atom is -0.491 e. The van der Waals surface area contributed by atoms with Crippen LogP contribution in [-0.2, 0) is 17.7 Å². The fourth-order valence-corrected chi connectivity index (χ4v) is 2.90. The molecule has 1 heterocycles. The minimum absolute atomic E-state index is 0.541. The first-order chi connectivity index (χ1) is 14.1. The summed E-state index contributed by atoms with van der Waals surface area (Å²) in [6, 6.07) is 6.23. The largest absolute Gasteiger partial charge is 0.491 e. The monoisotopic (exact) mass is 401 g/mol. The summed E-state index contributed by atoms with van der Waals surface area (Å²) >= 11 is 0. The SMILES string of the molecule is CCNC(=NCc1ccc(C)cc1OCCOCC)NCCCc1cn[nH]c1C. The number of aromatic amines is 1. The van der Waals surface area contributed by atoms with Crippen LogP contribution in [0.1, 0.15) is 42.7 Å². The summed E-state index contributed by atoms with van der Waals surface area (Å²) in [5.74, 6) is 1.69. The normalized spacial score (nSPS) is 11.5. The van der Waals surface area contributed by atoms with Crippen molar-refractivity contribution in [1.82, 2.24) is 20.8 Å². The van der Waals surface area contributed by atoms with Crippen LogP contribution >= 0.6 is 0 Å². The molecule has 2 rings (SSSR count). The van der Waals surface area contributed by atoms with Crippen LogP contribution < -0.4 is 15.4 Å². The molecule has 0 atom stereocenters. The van der Waals surface area contributed by atoms with E-state index >= 15 is 0 Å². The van der Waals surface area contributed by atoms with Crippen LogP contribution in [0.4, 0.5) is 0 Å². The molecule has 0 fully saturated rings. The Kier molecular flexibility index (Phi) is 10.1. The van der Waals surface area contributed by atoms with Crippen molar-refractivity contribution in [2.24, 2.45) is 4.99 Å². The smallest absolute Gasteiger partial charge is 0.191 e. The molecule has 7 heteroatoms. The molecule has 0 unspecified atom stereocenters. The van der Waals surface area contributed by atoms with E-state index in [9.17, 15) is 0 Å². The van der Waals surface area contributed by atoms with E-state index in [0.717, 1.165) is 48.9 Å². The van der Waals surface area contributed by atoms with E-state index in [2.05, 4.69) is 59.8 Å². The average Bonchev–Trinajstić information content (AvgIpc) is 3.12. The van der Waals surface area contributed by atoms with E-state index in [-0.39, 0.29) is 0 Å². The maximum absolute atomic E-state index is 5.92. The number of hydrogen-bond donors (Lipinski definition) is 3. The third-order valence-electron chi connectivity index (χ3n) is 4.51. The predicted molar refractivity (Wildman–Crippen MR) is 118 cm³/mol. The molecule has 0 aliphatic rings. The van der Waals surface area contributed by atoms with E-state index in [1.165, 1.54) is 11.1 Å². The molecule has 3 N–H and O–H groups in total. The summed E-state index contributed by atoms with van der Waals surface area (Å²) in [7, 11) is 0. The van der Waals surface area contributed by atoms with Gasteiger partial charge in [-0.15, -0.1) is 0 Å². The number of aryl methyl sites for hydroxylation is 3. The molecular formula is C22H35N5O2. The first kappa shape index (κ1) is 22.7. The summed E-state index contributed by atoms with van der Waals surface area (Å²) in [6.07, 6.45) is 3.91. The number of benzene rings is 1. The minimum atomic E-state index is 0.541. The van der Waals surface area contributed by atoms with E-state index in [0.29, 0.717) is 26.4 Å². The fourth-order valence-electron chi connectivity index (χ4n) is 2.90. The van der Waals surface area contributed by atoms with Gasteiger partial charge >= 0.3 is 0 Å². The highest BCUT2D eigenvalue weighted by molar-refractivity contribution is 5.79. The van der Waals surface area contributed by atoms with Crippen molar-refractivity contribution in [1.29, 1.82) is 0 Å². The maximum Gasteiger partial charge on any atom is 0.191 e. The van der Waals surface area contributed by atoms with Gasteiger partial charge in [-0.05, 0) is 57.7 Å². The molecular weight excluding hydrogens is 366 g/mol. The lowest BCUT2D eigenvalue weighted by Gasteiger charge is -2.14. The number of rotatable bonds is 12. The fraction of sp³-hybridized carbons (Fsp3) is 0.545. The van der Waals surface area contributed by atoms with Crippen LogP contribution in [0, 0.1) is 13.8 Å². The maximum atomic E-state index is 5.92. The molecule has 160 valence electrons. The number of hydrogen-bond acceptors (Lipinski definition) is 4. The zero-order chi connectivity index (χ0) is 20.9. The van der Waals surface area contributed by atoms with Gasteiger partial charge < -0.3 is 20.1 Å². The molecule has 0 saturated carbocycles. The van der Waals surface area contributed by atoms with Crippen molar-refractivity contribution in [3.8, 4) is 5.75 Å². The van der Waals surface area contributed by atoms with Gasteiger partial charge in [-0.2, -0.15) is 5.10 Å².